The summed E-state index contributed by atoms with van der Waals surface area (Å²) in [4.78, 5) is 2.59. The first-order chi connectivity index (χ1) is 6.45. The Morgan fingerprint density at radius 2 is 2.00 bits per heavy atom. The Balaban J connectivity index is 1.46. The summed E-state index contributed by atoms with van der Waals surface area (Å²) in [5, 5.41) is 4.43. The van der Waals surface area contributed by atoms with Gasteiger partial charge in [-0.2, -0.15) is 11.8 Å². The van der Waals surface area contributed by atoms with Crippen LogP contribution in [-0.4, -0.2) is 48.6 Å². The summed E-state index contributed by atoms with van der Waals surface area (Å²) in [6.45, 7) is 6.22. The summed E-state index contributed by atoms with van der Waals surface area (Å²) >= 11 is 2.19. The Bertz CT molecular complexity index is 142. The molecule has 13 heavy (non-hydrogen) atoms. The Hall–Kier alpha value is 0.270. The molecule has 1 heterocycles. The van der Waals surface area contributed by atoms with Crippen molar-refractivity contribution >= 4 is 11.8 Å². The lowest BCUT2D eigenvalue weighted by Crippen LogP contribution is -2.43. The molecule has 2 fully saturated rings. The molecule has 2 aliphatic rings. The fourth-order valence-electron chi connectivity index (χ4n) is 1.71. The highest BCUT2D eigenvalue weighted by Crippen LogP contribution is 2.34. The van der Waals surface area contributed by atoms with Gasteiger partial charge in [-0.15, -0.1) is 0 Å². The van der Waals surface area contributed by atoms with Gasteiger partial charge in [-0.1, -0.05) is 0 Å². The highest BCUT2D eigenvalue weighted by Gasteiger charge is 2.21. The molecule has 2 nitrogen and oxygen atoms in total. The van der Waals surface area contributed by atoms with Crippen molar-refractivity contribution in [1.29, 1.82) is 0 Å². The molecule has 0 amide bonds. The van der Waals surface area contributed by atoms with E-state index in [1.165, 1.54) is 57.7 Å². The third-order valence-corrected chi connectivity index (χ3v) is 4.17. The predicted octanol–water partition coefficient (Wildman–Crippen LogP) is 1.18. The molecule has 1 aliphatic carbocycles. The molecule has 2 rings (SSSR count). The summed E-state index contributed by atoms with van der Waals surface area (Å²) in [6.07, 6.45) is 4.36. The van der Waals surface area contributed by atoms with E-state index in [1.807, 2.05) is 0 Å². The van der Waals surface area contributed by atoms with Gasteiger partial charge in [0.05, 0.1) is 0 Å². The molecular weight excluding hydrogens is 180 g/mol. The van der Waals surface area contributed by atoms with Crippen LogP contribution in [0.2, 0.25) is 0 Å². The second-order valence-electron chi connectivity index (χ2n) is 4.02. The van der Waals surface area contributed by atoms with Crippen molar-refractivity contribution < 1.29 is 0 Å². The molecule has 0 aromatic carbocycles. The van der Waals surface area contributed by atoms with Gasteiger partial charge in [0.15, 0.2) is 0 Å². The van der Waals surface area contributed by atoms with Crippen LogP contribution in [0.15, 0.2) is 0 Å². The Morgan fingerprint density at radius 1 is 1.23 bits per heavy atom. The van der Waals surface area contributed by atoms with Gasteiger partial charge in [0.2, 0.25) is 0 Å². The summed E-state index contributed by atoms with van der Waals surface area (Å²) in [5.41, 5.74) is 0. The highest BCUT2D eigenvalue weighted by atomic mass is 32.2. The minimum absolute atomic E-state index is 1.04. The van der Waals surface area contributed by atoms with E-state index in [2.05, 4.69) is 22.0 Å². The summed E-state index contributed by atoms with van der Waals surface area (Å²) < 4.78 is 0. The zero-order chi connectivity index (χ0) is 8.93. The number of nitrogens with zero attached hydrogens (tertiary/aromatic N) is 1. The fraction of sp³-hybridized carbons (Fsp3) is 1.00. The van der Waals surface area contributed by atoms with Crippen LogP contribution in [0.25, 0.3) is 0 Å². The monoisotopic (exact) mass is 200 g/mol. The van der Waals surface area contributed by atoms with E-state index in [9.17, 15) is 0 Å². The number of hydrogen-bond acceptors (Lipinski definition) is 3. The van der Waals surface area contributed by atoms with Gasteiger partial charge in [0.1, 0.15) is 0 Å². The van der Waals surface area contributed by atoms with Crippen LogP contribution < -0.4 is 5.32 Å². The molecule has 3 heteroatoms. The molecule has 1 saturated heterocycles. The zero-order valence-electron chi connectivity index (χ0n) is 8.30. The Morgan fingerprint density at radius 3 is 2.69 bits per heavy atom. The largest absolute Gasteiger partial charge is 0.314 e. The third kappa shape index (κ3) is 3.88. The average molecular weight is 200 g/mol. The minimum Gasteiger partial charge on any atom is -0.314 e. The van der Waals surface area contributed by atoms with Crippen molar-refractivity contribution in [2.45, 2.75) is 24.5 Å². The van der Waals surface area contributed by atoms with Crippen molar-refractivity contribution in [1.82, 2.24) is 10.2 Å². The molecule has 0 radical (unpaired) electrons. The van der Waals surface area contributed by atoms with E-state index in [-0.39, 0.29) is 0 Å². The minimum atomic E-state index is 1.04. The SMILES string of the molecule is C(CSC1CC1)CN1CCNCC1. The van der Waals surface area contributed by atoms with Crippen molar-refractivity contribution in [3.05, 3.63) is 0 Å². The van der Waals surface area contributed by atoms with Gasteiger partial charge >= 0.3 is 0 Å². The number of hydrogen-bond donors (Lipinski definition) is 1. The van der Waals surface area contributed by atoms with E-state index < -0.39 is 0 Å². The van der Waals surface area contributed by atoms with Crippen LogP contribution >= 0.6 is 11.8 Å². The smallest absolute Gasteiger partial charge is 0.0107 e. The molecule has 0 aromatic rings. The molecule has 0 unspecified atom stereocenters. The van der Waals surface area contributed by atoms with Crippen LogP contribution in [0.1, 0.15) is 19.3 Å². The van der Waals surface area contributed by atoms with Gasteiger partial charge < -0.3 is 10.2 Å². The lowest BCUT2D eigenvalue weighted by molar-refractivity contribution is 0.242. The quantitative estimate of drug-likeness (QED) is 0.671. The van der Waals surface area contributed by atoms with Crippen molar-refractivity contribution in [3.8, 4) is 0 Å². The normalized spacial score (nSPS) is 24.9. The lowest BCUT2D eigenvalue weighted by atomic mass is 10.3. The predicted molar refractivity (Wildman–Crippen MR) is 59.4 cm³/mol. The summed E-state index contributed by atoms with van der Waals surface area (Å²) in [5.74, 6) is 1.38. The first kappa shape index (κ1) is 9.81. The van der Waals surface area contributed by atoms with Crippen molar-refractivity contribution in [3.63, 3.8) is 0 Å². The topological polar surface area (TPSA) is 15.3 Å². The number of thioether (sulfide) groups is 1. The summed E-state index contributed by atoms with van der Waals surface area (Å²) in [6, 6.07) is 0. The maximum absolute atomic E-state index is 3.39. The number of rotatable bonds is 5. The molecule has 0 aromatic heterocycles. The molecule has 1 N–H and O–H groups in total. The van der Waals surface area contributed by atoms with E-state index in [1.54, 1.807) is 0 Å². The third-order valence-electron chi connectivity index (χ3n) is 2.71. The Kier molecular flexibility index (Phi) is 3.94. The number of nitrogens with one attached hydrogen (secondary N) is 1. The lowest BCUT2D eigenvalue weighted by Gasteiger charge is -2.26. The van der Waals surface area contributed by atoms with Gasteiger partial charge in [-0.25, -0.2) is 0 Å². The van der Waals surface area contributed by atoms with Gasteiger partial charge in [-0.05, 0) is 31.6 Å². The van der Waals surface area contributed by atoms with Gasteiger partial charge in [0.25, 0.3) is 0 Å². The molecule has 1 aliphatic heterocycles. The van der Waals surface area contributed by atoms with Crippen LogP contribution in [0.4, 0.5) is 0 Å². The summed E-state index contributed by atoms with van der Waals surface area (Å²) in [7, 11) is 0. The van der Waals surface area contributed by atoms with E-state index in [4.69, 9.17) is 0 Å². The molecule has 0 spiro atoms. The molecule has 0 bridgehead atoms. The van der Waals surface area contributed by atoms with Crippen LogP contribution in [-0.2, 0) is 0 Å². The fourth-order valence-corrected chi connectivity index (χ4v) is 2.81. The van der Waals surface area contributed by atoms with Gasteiger partial charge in [0, 0.05) is 31.4 Å². The van der Waals surface area contributed by atoms with Crippen molar-refractivity contribution in [2.75, 3.05) is 38.5 Å². The van der Waals surface area contributed by atoms with E-state index >= 15 is 0 Å². The maximum atomic E-state index is 3.39. The zero-order valence-corrected chi connectivity index (χ0v) is 9.11. The molecular formula is C10H20N2S. The van der Waals surface area contributed by atoms with Crippen molar-refractivity contribution in [2.24, 2.45) is 0 Å². The molecule has 1 saturated carbocycles. The maximum Gasteiger partial charge on any atom is 0.0107 e. The molecule has 76 valence electrons. The highest BCUT2D eigenvalue weighted by molar-refractivity contribution is 8.00. The molecule has 0 atom stereocenters. The van der Waals surface area contributed by atoms with Gasteiger partial charge in [-0.3, -0.25) is 0 Å². The number of piperazine rings is 1. The van der Waals surface area contributed by atoms with Crippen LogP contribution in [0.3, 0.4) is 0 Å². The first-order valence-electron chi connectivity index (χ1n) is 5.50. The van der Waals surface area contributed by atoms with E-state index in [0.717, 1.165) is 5.25 Å². The van der Waals surface area contributed by atoms with E-state index in [0.29, 0.717) is 0 Å². The first-order valence-corrected chi connectivity index (χ1v) is 6.55. The Labute approximate surface area is 85.4 Å². The average Bonchev–Trinajstić information content (AvgIpc) is 2.98. The standard InChI is InChI=1S/C10H20N2S/c1(9-13-10-2-3-10)6-12-7-4-11-5-8-12/h10-11H,1-9H2. The second kappa shape index (κ2) is 5.23. The van der Waals surface area contributed by atoms with Crippen LogP contribution in [0, 0.1) is 0 Å². The van der Waals surface area contributed by atoms with Crippen LogP contribution in [0.5, 0.6) is 0 Å². The second-order valence-corrected chi connectivity index (χ2v) is 5.42.